The molecule has 0 aromatic rings. The molecule has 1 fully saturated rings. The maximum Gasteiger partial charge on any atom is 0.256 e. The summed E-state index contributed by atoms with van der Waals surface area (Å²) in [6.45, 7) is 1.55. The van der Waals surface area contributed by atoms with Crippen molar-refractivity contribution in [2.24, 2.45) is 16.6 Å². The van der Waals surface area contributed by atoms with Gasteiger partial charge in [-0.3, -0.25) is 4.79 Å². The Bertz CT molecular complexity index is 185. The average molecular weight is 157 g/mol. The molecular weight excluding hydrogens is 146 g/mol. The molecular formula is C5H11N5O. The fraction of sp³-hybridized carbons (Fsp3) is 0.600. The molecule has 0 atom stereocenters. The van der Waals surface area contributed by atoms with Crippen LogP contribution in [0.2, 0.25) is 0 Å². The van der Waals surface area contributed by atoms with Crippen molar-refractivity contribution in [2.75, 3.05) is 19.6 Å². The van der Waals surface area contributed by atoms with Gasteiger partial charge in [0.1, 0.15) is 0 Å². The van der Waals surface area contributed by atoms with E-state index in [1.54, 1.807) is 0 Å². The number of hydrogen-bond donors (Lipinski definition) is 3. The number of nitrogens with zero attached hydrogens (tertiary/aromatic N) is 2. The summed E-state index contributed by atoms with van der Waals surface area (Å²) in [5, 5.41) is 7.80. The molecule has 6 nitrogen and oxygen atoms in total. The van der Waals surface area contributed by atoms with Crippen LogP contribution in [0.5, 0.6) is 0 Å². The molecule has 0 aromatic heterocycles. The number of nitrogens with one attached hydrogen (secondary N) is 1. The molecule has 0 bridgehead atoms. The summed E-state index contributed by atoms with van der Waals surface area (Å²) in [7, 11) is 0. The predicted octanol–water partition coefficient (Wildman–Crippen LogP) is -2.39. The Hall–Kier alpha value is -1.30. The van der Waals surface area contributed by atoms with E-state index < -0.39 is 0 Å². The van der Waals surface area contributed by atoms with Gasteiger partial charge in [0, 0.05) is 6.54 Å². The first-order valence-corrected chi connectivity index (χ1v) is 3.31. The zero-order valence-corrected chi connectivity index (χ0v) is 6.08. The van der Waals surface area contributed by atoms with Gasteiger partial charge in [-0.1, -0.05) is 0 Å². The summed E-state index contributed by atoms with van der Waals surface area (Å²) >= 11 is 0. The molecule has 0 aromatic carbocycles. The van der Waals surface area contributed by atoms with E-state index in [0.717, 1.165) is 6.54 Å². The molecule has 0 aliphatic carbocycles. The van der Waals surface area contributed by atoms with E-state index in [1.807, 2.05) is 0 Å². The highest BCUT2D eigenvalue weighted by molar-refractivity contribution is 5.82. The highest BCUT2D eigenvalue weighted by Gasteiger charge is 2.16. The van der Waals surface area contributed by atoms with Gasteiger partial charge in [-0.2, -0.15) is 0 Å². The van der Waals surface area contributed by atoms with Gasteiger partial charge in [-0.05, 0) is 0 Å². The van der Waals surface area contributed by atoms with E-state index >= 15 is 0 Å². The van der Waals surface area contributed by atoms with Crippen molar-refractivity contribution >= 4 is 11.9 Å². The summed E-state index contributed by atoms with van der Waals surface area (Å²) in [6.07, 6.45) is 0. The first kappa shape index (κ1) is 7.80. The van der Waals surface area contributed by atoms with Crippen LogP contribution >= 0.6 is 0 Å². The van der Waals surface area contributed by atoms with Crippen LogP contribution in [0, 0.1) is 0 Å². The largest absolute Gasteiger partial charge is 0.369 e. The molecule has 1 aliphatic rings. The van der Waals surface area contributed by atoms with Gasteiger partial charge >= 0.3 is 0 Å². The fourth-order valence-electron chi connectivity index (χ4n) is 0.841. The van der Waals surface area contributed by atoms with E-state index in [0.29, 0.717) is 13.1 Å². The van der Waals surface area contributed by atoms with E-state index in [4.69, 9.17) is 11.5 Å². The molecule has 5 N–H and O–H groups in total. The maximum atomic E-state index is 11.0. The molecule has 0 spiro atoms. The molecule has 0 unspecified atom stereocenters. The van der Waals surface area contributed by atoms with Gasteiger partial charge in [-0.15, -0.1) is 5.10 Å². The van der Waals surface area contributed by atoms with Crippen molar-refractivity contribution in [3.05, 3.63) is 0 Å². The average Bonchev–Trinajstić information content (AvgIpc) is 1.93. The lowest BCUT2D eigenvalue weighted by Crippen LogP contribution is -2.46. The molecule has 1 saturated heterocycles. The number of carbonyl (C=O) groups is 1. The Morgan fingerprint density at radius 2 is 2.36 bits per heavy atom. The summed E-state index contributed by atoms with van der Waals surface area (Å²) in [5.74, 6) is -0.190. The van der Waals surface area contributed by atoms with Crippen LogP contribution in [0.4, 0.5) is 0 Å². The Kier molecular flexibility index (Phi) is 2.27. The van der Waals surface area contributed by atoms with Gasteiger partial charge in [0.25, 0.3) is 5.91 Å². The molecule has 62 valence electrons. The summed E-state index contributed by atoms with van der Waals surface area (Å²) in [5.41, 5.74) is 10.2. The van der Waals surface area contributed by atoms with Gasteiger partial charge in [0.05, 0.1) is 13.1 Å². The lowest BCUT2D eigenvalue weighted by atomic mass is 10.4. The summed E-state index contributed by atoms with van der Waals surface area (Å²) in [4.78, 5) is 11.0. The van der Waals surface area contributed by atoms with Crippen LogP contribution in [0.15, 0.2) is 5.10 Å². The van der Waals surface area contributed by atoms with Crippen molar-refractivity contribution in [1.29, 1.82) is 0 Å². The Morgan fingerprint density at radius 3 is 2.91 bits per heavy atom. The first-order chi connectivity index (χ1) is 5.20. The molecule has 11 heavy (non-hydrogen) atoms. The fourth-order valence-corrected chi connectivity index (χ4v) is 0.841. The highest BCUT2D eigenvalue weighted by Crippen LogP contribution is 1.93. The molecule has 1 heterocycles. The van der Waals surface area contributed by atoms with Gasteiger partial charge in [0.15, 0.2) is 0 Å². The minimum atomic E-state index is -0.107. The molecule has 1 aliphatic heterocycles. The van der Waals surface area contributed by atoms with Crippen molar-refractivity contribution in [2.45, 2.75) is 0 Å². The van der Waals surface area contributed by atoms with Crippen LogP contribution in [0.25, 0.3) is 0 Å². The number of rotatable bonds is 1. The maximum absolute atomic E-state index is 11.0. The van der Waals surface area contributed by atoms with E-state index in [-0.39, 0.29) is 11.9 Å². The smallest absolute Gasteiger partial charge is 0.256 e. The van der Waals surface area contributed by atoms with E-state index in [1.165, 1.54) is 5.01 Å². The molecule has 6 heteroatoms. The number of carbonyl (C=O) groups excluding carboxylic acids is 1. The van der Waals surface area contributed by atoms with Crippen molar-refractivity contribution in [1.82, 2.24) is 10.3 Å². The molecule has 1 amide bonds. The number of piperazine rings is 1. The second kappa shape index (κ2) is 3.20. The predicted molar refractivity (Wildman–Crippen MR) is 40.4 cm³/mol. The highest BCUT2D eigenvalue weighted by atomic mass is 16.2. The minimum Gasteiger partial charge on any atom is -0.369 e. The topological polar surface area (TPSA) is 96.7 Å². The van der Waals surface area contributed by atoms with Crippen molar-refractivity contribution in [3.63, 3.8) is 0 Å². The van der Waals surface area contributed by atoms with Crippen LogP contribution in [0.3, 0.4) is 0 Å². The monoisotopic (exact) mass is 157 g/mol. The molecule has 0 saturated carbocycles. The first-order valence-electron chi connectivity index (χ1n) is 3.31. The number of nitrogens with two attached hydrogens (primary N) is 2. The minimum absolute atomic E-state index is 0.0831. The number of hydrazone groups is 1. The Morgan fingerprint density at radius 1 is 1.64 bits per heavy atom. The van der Waals surface area contributed by atoms with Gasteiger partial charge in [0.2, 0.25) is 5.96 Å². The Balaban J connectivity index is 2.55. The van der Waals surface area contributed by atoms with Gasteiger partial charge < -0.3 is 16.8 Å². The quantitative estimate of drug-likeness (QED) is 0.292. The summed E-state index contributed by atoms with van der Waals surface area (Å²) < 4.78 is 0. The standard InChI is InChI=1S/C5H11N5O/c6-5(7)9-10-2-1-8-3-4(10)11/h8H,1-3H2,(H4,6,7,9). The van der Waals surface area contributed by atoms with Crippen LogP contribution in [-0.2, 0) is 4.79 Å². The second-order valence-corrected chi connectivity index (χ2v) is 2.22. The third kappa shape index (κ3) is 2.08. The second-order valence-electron chi connectivity index (χ2n) is 2.22. The SMILES string of the molecule is NC(N)=NN1CCNCC1=O. The number of hydrogen-bond acceptors (Lipinski definition) is 3. The number of amides is 1. The van der Waals surface area contributed by atoms with Crippen LogP contribution in [0.1, 0.15) is 0 Å². The summed E-state index contributed by atoms with van der Waals surface area (Å²) in [6, 6.07) is 0. The van der Waals surface area contributed by atoms with Crippen LogP contribution in [-0.4, -0.2) is 36.5 Å². The third-order valence-corrected chi connectivity index (χ3v) is 1.30. The number of guanidine groups is 1. The van der Waals surface area contributed by atoms with Crippen LogP contribution < -0.4 is 16.8 Å². The van der Waals surface area contributed by atoms with Crippen molar-refractivity contribution in [3.8, 4) is 0 Å². The Labute approximate surface area is 64.2 Å². The zero-order valence-electron chi connectivity index (χ0n) is 6.08. The van der Waals surface area contributed by atoms with E-state index in [2.05, 4.69) is 10.4 Å². The van der Waals surface area contributed by atoms with Gasteiger partial charge in [-0.25, -0.2) is 5.01 Å². The molecule has 0 radical (unpaired) electrons. The third-order valence-electron chi connectivity index (χ3n) is 1.30. The lowest BCUT2D eigenvalue weighted by molar-refractivity contribution is -0.131. The normalized spacial score (nSPS) is 18.2. The zero-order chi connectivity index (χ0) is 8.27. The lowest BCUT2D eigenvalue weighted by Gasteiger charge is -2.22. The molecule has 1 rings (SSSR count). The van der Waals surface area contributed by atoms with Crippen molar-refractivity contribution < 1.29 is 4.79 Å². The van der Waals surface area contributed by atoms with E-state index in [9.17, 15) is 4.79 Å².